The molecule has 1 unspecified atom stereocenters. The van der Waals surface area contributed by atoms with Crippen LogP contribution < -0.4 is 27.8 Å². The molecule has 11 N–H and O–H groups in total. The molecule has 2 heterocycles. The van der Waals surface area contributed by atoms with E-state index >= 15 is 0 Å². The Morgan fingerprint density at radius 2 is 1.82 bits per heavy atom. The van der Waals surface area contributed by atoms with E-state index in [1.165, 1.54) is 0 Å². The van der Waals surface area contributed by atoms with E-state index in [-0.39, 0.29) is 25.3 Å². The lowest BCUT2D eigenvalue weighted by Gasteiger charge is -2.49. The molecule has 192 valence electrons. The SMILES string of the molecule is CCN[C@@H]1C[C@H](N)[C@@H](O[C@@H]2OC(CN)C=C[C@H]2N)[C@H](O)[C@H]1O[C@H]1OC[C@](C)(O)[C@H](NC)[C@H]1O. The van der Waals surface area contributed by atoms with Gasteiger partial charge in [0.05, 0.1) is 24.8 Å². The molecule has 3 aliphatic rings. The fraction of sp³-hybridized carbons (Fsp3) is 0.905. The third kappa shape index (κ3) is 5.92. The van der Waals surface area contributed by atoms with E-state index < -0.39 is 60.7 Å². The Hall–Kier alpha value is -0.740. The number of hydrogen-bond donors (Lipinski definition) is 8. The van der Waals surface area contributed by atoms with Crippen LogP contribution in [0.15, 0.2) is 12.2 Å². The Labute approximate surface area is 194 Å². The summed E-state index contributed by atoms with van der Waals surface area (Å²) in [6.07, 6.45) is -2.25. The first-order valence-electron chi connectivity index (χ1n) is 11.6. The molecular formula is C21H41N5O7. The third-order valence-electron chi connectivity index (χ3n) is 6.61. The summed E-state index contributed by atoms with van der Waals surface area (Å²) in [6, 6.07) is -2.06. The maximum absolute atomic E-state index is 11.3. The van der Waals surface area contributed by atoms with Crippen molar-refractivity contribution in [3.8, 4) is 0 Å². The predicted octanol–water partition coefficient (Wildman–Crippen LogP) is -3.55. The second-order valence-electron chi connectivity index (χ2n) is 9.29. The molecule has 0 spiro atoms. The highest BCUT2D eigenvalue weighted by atomic mass is 16.7. The number of hydrogen-bond acceptors (Lipinski definition) is 12. The van der Waals surface area contributed by atoms with E-state index in [0.29, 0.717) is 13.0 Å². The van der Waals surface area contributed by atoms with Crippen LogP contribution in [0, 0.1) is 0 Å². The normalized spacial score (nSPS) is 48.7. The van der Waals surface area contributed by atoms with Gasteiger partial charge in [0.25, 0.3) is 0 Å². The van der Waals surface area contributed by atoms with Gasteiger partial charge in [-0.25, -0.2) is 0 Å². The van der Waals surface area contributed by atoms with Gasteiger partial charge < -0.3 is 62.1 Å². The van der Waals surface area contributed by atoms with Crippen LogP contribution in [-0.2, 0) is 18.9 Å². The van der Waals surface area contributed by atoms with Gasteiger partial charge in [0, 0.05) is 18.6 Å². The van der Waals surface area contributed by atoms with Crippen molar-refractivity contribution in [1.29, 1.82) is 0 Å². The van der Waals surface area contributed by atoms with Gasteiger partial charge >= 0.3 is 0 Å². The highest BCUT2D eigenvalue weighted by molar-refractivity contribution is 5.05. The highest BCUT2D eigenvalue weighted by Crippen LogP contribution is 2.31. The lowest BCUT2D eigenvalue weighted by molar-refractivity contribution is -0.305. The van der Waals surface area contributed by atoms with Gasteiger partial charge in [0.1, 0.15) is 30.0 Å². The molecule has 0 radical (unpaired) electrons. The maximum Gasteiger partial charge on any atom is 0.185 e. The second-order valence-corrected chi connectivity index (χ2v) is 9.29. The Balaban J connectivity index is 1.75. The first kappa shape index (κ1) is 26.9. The van der Waals surface area contributed by atoms with Crippen LogP contribution in [0.1, 0.15) is 20.3 Å². The van der Waals surface area contributed by atoms with Crippen LogP contribution in [0.2, 0.25) is 0 Å². The molecule has 0 aromatic heterocycles. The molecule has 2 aliphatic heterocycles. The lowest BCUT2D eigenvalue weighted by atomic mass is 9.83. The topological polar surface area (TPSA) is 200 Å². The van der Waals surface area contributed by atoms with Gasteiger partial charge in [0.2, 0.25) is 0 Å². The molecule has 3 rings (SSSR count). The zero-order valence-corrected chi connectivity index (χ0v) is 19.5. The third-order valence-corrected chi connectivity index (χ3v) is 6.61. The molecule has 12 atom stereocenters. The van der Waals surface area contributed by atoms with Crippen LogP contribution in [0.3, 0.4) is 0 Å². The molecule has 1 saturated carbocycles. The molecule has 2 fully saturated rings. The summed E-state index contributed by atoms with van der Waals surface area (Å²) >= 11 is 0. The first-order chi connectivity index (χ1) is 15.6. The fourth-order valence-corrected chi connectivity index (χ4v) is 4.84. The molecular weight excluding hydrogens is 434 g/mol. The van der Waals surface area contributed by atoms with Gasteiger partial charge in [-0.1, -0.05) is 19.1 Å². The minimum absolute atomic E-state index is 0.0497. The standard InChI is InChI=1S/C21H41N5O7/c1-4-26-13-7-12(24)16(32-19-11(23)6-5-10(8-22)31-19)14(27)17(13)33-20-15(28)18(25-3)21(2,29)9-30-20/h5-6,10-20,25-29H,4,7-9,22-24H2,1-3H3/t10?,11-,12+,13-,14+,15-,16-,17+,18-,19+,20-,21+/m1/s1. The number of likely N-dealkylation sites (N-methyl/N-ethyl adjacent to an activating group) is 2. The minimum atomic E-state index is -1.28. The van der Waals surface area contributed by atoms with E-state index in [2.05, 4.69) is 10.6 Å². The number of nitrogens with two attached hydrogens (primary N) is 3. The number of nitrogens with one attached hydrogen (secondary N) is 2. The molecule has 0 aromatic rings. The van der Waals surface area contributed by atoms with Gasteiger partial charge in [-0.3, -0.25) is 0 Å². The Morgan fingerprint density at radius 3 is 2.45 bits per heavy atom. The van der Waals surface area contributed by atoms with Gasteiger partial charge in [-0.05, 0) is 26.9 Å². The Kier molecular flexibility index (Phi) is 9.22. The van der Waals surface area contributed by atoms with E-state index in [4.69, 9.17) is 36.1 Å². The summed E-state index contributed by atoms with van der Waals surface area (Å²) in [5.74, 6) is 0. The van der Waals surface area contributed by atoms with Crippen molar-refractivity contribution in [1.82, 2.24) is 10.6 Å². The smallest absolute Gasteiger partial charge is 0.185 e. The van der Waals surface area contributed by atoms with Crippen molar-refractivity contribution in [2.45, 2.75) is 93.1 Å². The molecule has 12 nitrogen and oxygen atoms in total. The van der Waals surface area contributed by atoms with Crippen molar-refractivity contribution < 1.29 is 34.3 Å². The zero-order valence-electron chi connectivity index (χ0n) is 19.5. The summed E-state index contributed by atoms with van der Waals surface area (Å²) in [4.78, 5) is 0. The molecule has 1 aliphatic carbocycles. The molecule has 0 aromatic carbocycles. The van der Waals surface area contributed by atoms with Crippen molar-refractivity contribution >= 4 is 0 Å². The van der Waals surface area contributed by atoms with Gasteiger partial charge in [-0.15, -0.1) is 0 Å². The quantitative estimate of drug-likeness (QED) is 0.161. The van der Waals surface area contributed by atoms with Crippen LogP contribution in [0.5, 0.6) is 0 Å². The van der Waals surface area contributed by atoms with E-state index in [9.17, 15) is 15.3 Å². The lowest BCUT2D eigenvalue weighted by Crippen LogP contribution is -2.69. The van der Waals surface area contributed by atoms with Crippen molar-refractivity contribution in [2.24, 2.45) is 17.2 Å². The minimum Gasteiger partial charge on any atom is -0.388 e. The van der Waals surface area contributed by atoms with Crippen molar-refractivity contribution in [3.05, 3.63) is 12.2 Å². The van der Waals surface area contributed by atoms with Crippen LogP contribution >= 0.6 is 0 Å². The summed E-state index contributed by atoms with van der Waals surface area (Å²) in [5.41, 5.74) is 16.9. The van der Waals surface area contributed by atoms with Gasteiger partial charge in [-0.2, -0.15) is 0 Å². The molecule has 12 heteroatoms. The molecule has 33 heavy (non-hydrogen) atoms. The highest BCUT2D eigenvalue weighted by Gasteiger charge is 2.51. The monoisotopic (exact) mass is 475 g/mol. The number of ether oxygens (including phenoxy) is 4. The van der Waals surface area contributed by atoms with E-state index in [1.54, 1.807) is 26.1 Å². The first-order valence-corrected chi connectivity index (χ1v) is 11.6. The fourth-order valence-electron chi connectivity index (χ4n) is 4.84. The molecule has 0 bridgehead atoms. The van der Waals surface area contributed by atoms with E-state index in [0.717, 1.165) is 0 Å². The predicted molar refractivity (Wildman–Crippen MR) is 120 cm³/mol. The maximum atomic E-state index is 11.3. The van der Waals surface area contributed by atoms with Gasteiger partial charge in [0.15, 0.2) is 12.6 Å². The Bertz CT molecular complexity index is 656. The summed E-state index contributed by atoms with van der Waals surface area (Å²) in [6.45, 7) is 4.35. The summed E-state index contributed by atoms with van der Waals surface area (Å²) < 4.78 is 23.6. The zero-order chi connectivity index (χ0) is 24.3. The average Bonchev–Trinajstić information content (AvgIpc) is 2.76. The van der Waals surface area contributed by atoms with Crippen molar-refractivity contribution in [3.63, 3.8) is 0 Å². The number of aliphatic hydroxyl groups excluding tert-OH is 2. The van der Waals surface area contributed by atoms with Crippen molar-refractivity contribution in [2.75, 3.05) is 26.7 Å². The van der Waals surface area contributed by atoms with Crippen LogP contribution in [0.4, 0.5) is 0 Å². The number of aliphatic hydroxyl groups is 3. The average molecular weight is 476 g/mol. The second kappa shape index (κ2) is 11.3. The Morgan fingerprint density at radius 1 is 1.12 bits per heavy atom. The largest absolute Gasteiger partial charge is 0.388 e. The van der Waals surface area contributed by atoms with E-state index in [1.807, 2.05) is 6.92 Å². The van der Waals surface area contributed by atoms with Crippen LogP contribution in [0.25, 0.3) is 0 Å². The molecule has 0 amide bonds. The number of rotatable bonds is 8. The molecule has 1 saturated heterocycles. The summed E-state index contributed by atoms with van der Waals surface area (Å²) in [5, 5.41) is 38.7. The van der Waals surface area contributed by atoms with Crippen LogP contribution in [-0.4, -0.2) is 115 Å². The summed E-state index contributed by atoms with van der Waals surface area (Å²) in [7, 11) is 1.64.